The van der Waals surface area contributed by atoms with Gasteiger partial charge in [0.05, 0.1) is 26.7 Å². The summed E-state index contributed by atoms with van der Waals surface area (Å²) in [6.45, 7) is 0. The number of fused-ring (bicyclic) bond motifs is 10. The van der Waals surface area contributed by atoms with Crippen molar-refractivity contribution in [3.05, 3.63) is 133 Å². The van der Waals surface area contributed by atoms with E-state index in [1.807, 2.05) is 47.7 Å². The van der Waals surface area contributed by atoms with Crippen molar-refractivity contribution in [2.75, 3.05) is 0 Å². The second-order valence-electron chi connectivity index (χ2n) is 10.4. The van der Waals surface area contributed by atoms with Crippen LogP contribution in [0.5, 0.6) is 0 Å². The van der Waals surface area contributed by atoms with Gasteiger partial charge in [0, 0.05) is 36.9 Å². The van der Waals surface area contributed by atoms with Crippen LogP contribution in [0.25, 0.3) is 58.8 Å². The predicted molar refractivity (Wildman–Crippen MR) is 172 cm³/mol. The molecule has 0 N–H and O–H groups in total. The lowest BCUT2D eigenvalue weighted by atomic mass is 10.0. The van der Waals surface area contributed by atoms with Crippen LogP contribution in [0.2, 0.25) is 0 Å². The fourth-order valence-corrected chi connectivity index (χ4v) is 11.2. The molecule has 0 bridgehead atoms. The van der Waals surface area contributed by atoms with Crippen LogP contribution in [0.15, 0.2) is 133 Å². The molecule has 2 nitrogen and oxygen atoms in total. The average molecular weight is 548 g/mol. The molecule has 0 saturated carbocycles. The van der Waals surface area contributed by atoms with E-state index in [4.69, 9.17) is 0 Å². The fraction of sp³-hybridized carbons (Fsp3) is 0. The molecule has 0 aliphatic carbocycles. The molecule has 4 heteroatoms. The maximum absolute atomic E-state index is 15.7. The summed E-state index contributed by atoms with van der Waals surface area (Å²) in [6, 6.07) is 46.6. The van der Waals surface area contributed by atoms with Crippen molar-refractivity contribution in [2.45, 2.75) is 0 Å². The molecule has 0 saturated heterocycles. The number of aromatic nitrogens is 1. The van der Waals surface area contributed by atoms with E-state index in [0.29, 0.717) is 0 Å². The highest BCUT2D eigenvalue weighted by molar-refractivity contribution is 7.86. The van der Waals surface area contributed by atoms with E-state index in [0.717, 1.165) is 49.1 Å². The van der Waals surface area contributed by atoms with Crippen LogP contribution in [0.3, 0.4) is 0 Å². The van der Waals surface area contributed by atoms with Crippen molar-refractivity contribution in [1.82, 2.24) is 4.57 Å². The Balaban J connectivity index is 1.51. The molecule has 1 unspecified atom stereocenters. The Labute approximate surface area is 235 Å². The minimum absolute atomic E-state index is 0.880. The minimum Gasteiger partial charge on any atom is -0.309 e. The van der Waals surface area contributed by atoms with Crippen molar-refractivity contribution in [1.29, 1.82) is 0 Å². The lowest BCUT2D eigenvalue weighted by Gasteiger charge is -2.19. The highest BCUT2D eigenvalue weighted by Gasteiger charge is 2.42. The van der Waals surface area contributed by atoms with Crippen LogP contribution in [0.4, 0.5) is 0 Å². The Hall–Kier alpha value is -4.43. The number of rotatable bonds is 2. The maximum Gasteiger partial charge on any atom is 0.174 e. The van der Waals surface area contributed by atoms with Crippen molar-refractivity contribution >= 4 is 76.4 Å². The van der Waals surface area contributed by atoms with Crippen LogP contribution in [0, 0.1) is 0 Å². The van der Waals surface area contributed by atoms with Gasteiger partial charge in [-0.1, -0.05) is 115 Å². The van der Waals surface area contributed by atoms with Gasteiger partial charge >= 0.3 is 0 Å². The summed E-state index contributed by atoms with van der Waals surface area (Å²) in [5, 5.41) is 7.60. The molecule has 188 valence electrons. The van der Waals surface area contributed by atoms with E-state index >= 15 is 4.57 Å². The Morgan fingerprint density at radius 1 is 0.550 bits per heavy atom. The highest BCUT2D eigenvalue weighted by Crippen LogP contribution is 2.55. The first-order valence-electron chi connectivity index (χ1n) is 13.5. The van der Waals surface area contributed by atoms with Crippen LogP contribution < -0.4 is 15.9 Å². The van der Waals surface area contributed by atoms with Crippen LogP contribution in [-0.4, -0.2) is 4.57 Å². The zero-order valence-electron chi connectivity index (χ0n) is 21.4. The third-order valence-corrected chi connectivity index (χ3v) is 12.8. The molecule has 9 rings (SSSR count). The minimum atomic E-state index is -3.16. The third-order valence-electron chi connectivity index (χ3n) is 8.40. The molecular weight excluding hydrogens is 525 g/mol. The summed E-state index contributed by atoms with van der Waals surface area (Å²) in [4.78, 5) is 0. The molecular formula is C36H22NOPS. The van der Waals surface area contributed by atoms with E-state index in [2.05, 4.69) is 102 Å². The van der Waals surface area contributed by atoms with Crippen molar-refractivity contribution < 1.29 is 4.57 Å². The van der Waals surface area contributed by atoms with Crippen molar-refractivity contribution in [3.63, 3.8) is 0 Å². The van der Waals surface area contributed by atoms with Gasteiger partial charge in [0.2, 0.25) is 0 Å². The first-order chi connectivity index (χ1) is 19.7. The molecule has 0 amide bonds. The number of thiophene rings is 1. The molecule has 1 aliphatic rings. The molecule has 0 fully saturated rings. The second-order valence-corrected chi connectivity index (χ2v) is 14.1. The van der Waals surface area contributed by atoms with Gasteiger partial charge in [-0.25, -0.2) is 0 Å². The zero-order valence-corrected chi connectivity index (χ0v) is 23.1. The molecule has 3 heterocycles. The quantitative estimate of drug-likeness (QED) is 0.198. The van der Waals surface area contributed by atoms with Crippen molar-refractivity contribution in [3.8, 4) is 16.8 Å². The van der Waals surface area contributed by atoms with Gasteiger partial charge in [-0.2, -0.15) is 0 Å². The number of hydrogen-bond acceptors (Lipinski definition) is 2. The Morgan fingerprint density at radius 3 is 2.17 bits per heavy atom. The molecule has 1 atom stereocenters. The standard InChI is InChI=1S/C36H22NOPS/c38-39(23-11-2-1-3-12-23)32-19-8-5-14-25(32)28-22-21-27-24-13-4-7-17-30(24)37(34(27)35(28)39)31-18-10-16-29-26-15-6-9-20-33(26)40-36(29)31/h1-22H. The van der Waals surface area contributed by atoms with E-state index in [1.54, 1.807) is 0 Å². The Kier molecular flexibility index (Phi) is 4.51. The van der Waals surface area contributed by atoms with Gasteiger partial charge in [-0.15, -0.1) is 11.3 Å². The summed E-state index contributed by atoms with van der Waals surface area (Å²) < 4.78 is 20.6. The van der Waals surface area contributed by atoms with Gasteiger partial charge in [-0.05, 0) is 29.3 Å². The molecule has 0 spiro atoms. The van der Waals surface area contributed by atoms with Crippen LogP contribution in [0.1, 0.15) is 0 Å². The predicted octanol–water partition coefficient (Wildman–Crippen LogP) is 8.77. The third kappa shape index (κ3) is 2.76. The van der Waals surface area contributed by atoms with Crippen molar-refractivity contribution in [2.24, 2.45) is 0 Å². The molecule has 6 aromatic carbocycles. The summed E-state index contributed by atoms with van der Waals surface area (Å²) in [5.41, 5.74) is 5.46. The van der Waals surface area contributed by atoms with E-state index < -0.39 is 7.14 Å². The highest BCUT2D eigenvalue weighted by atomic mass is 32.1. The topological polar surface area (TPSA) is 22.0 Å². The maximum atomic E-state index is 15.7. The first-order valence-corrected chi connectivity index (χ1v) is 16.0. The van der Waals surface area contributed by atoms with Gasteiger partial charge in [0.15, 0.2) is 7.14 Å². The van der Waals surface area contributed by atoms with E-state index in [-0.39, 0.29) is 0 Å². The fourth-order valence-electron chi connectivity index (χ4n) is 6.74. The smallest absolute Gasteiger partial charge is 0.174 e. The van der Waals surface area contributed by atoms with E-state index in [9.17, 15) is 0 Å². The average Bonchev–Trinajstić information content (AvgIpc) is 3.65. The normalized spacial score (nSPS) is 16.2. The molecule has 8 aromatic rings. The van der Waals surface area contributed by atoms with Gasteiger partial charge in [0.1, 0.15) is 0 Å². The lowest BCUT2D eigenvalue weighted by Crippen LogP contribution is -2.22. The van der Waals surface area contributed by atoms with Crippen LogP contribution >= 0.6 is 18.5 Å². The molecule has 1 aliphatic heterocycles. The number of hydrogen-bond donors (Lipinski definition) is 0. The Bertz CT molecular complexity index is 2360. The molecule has 2 aromatic heterocycles. The Morgan fingerprint density at radius 2 is 1.27 bits per heavy atom. The summed E-state index contributed by atoms with van der Waals surface area (Å²) >= 11 is 1.83. The number of para-hydroxylation sites is 1. The monoisotopic (exact) mass is 547 g/mol. The summed E-state index contributed by atoms with van der Waals surface area (Å²) in [6.07, 6.45) is 0. The first kappa shape index (κ1) is 22.4. The molecule has 0 radical (unpaired) electrons. The number of benzene rings is 6. The SMILES string of the molecule is O=P1(c2ccccc2)c2ccccc2-c2ccc3c4ccccc4n(-c4cccc5c4sc4ccccc45)c3c21. The van der Waals surface area contributed by atoms with Gasteiger partial charge < -0.3 is 9.13 Å². The largest absolute Gasteiger partial charge is 0.309 e. The summed E-state index contributed by atoms with van der Waals surface area (Å²) in [7, 11) is -3.16. The molecule has 40 heavy (non-hydrogen) atoms. The van der Waals surface area contributed by atoms with Gasteiger partial charge in [-0.3, -0.25) is 0 Å². The van der Waals surface area contributed by atoms with Gasteiger partial charge in [0.25, 0.3) is 0 Å². The van der Waals surface area contributed by atoms with Crippen LogP contribution in [-0.2, 0) is 4.57 Å². The summed E-state index contributed by atoms with van der Waals surface area (Å²) in [5.74, 6) is 0. The van der Waals surface area contributed by atoms with E-state index in [1.165, 1.54) is 25.6 Å². The second kappa shape index (κ2) is 8.05. The zero-order chi connectivity index (χ0) is 26.4. The lowest BCUT2D eigenvalue weighted by molar-refractivity contribution is 0.593. The number of nitrogens with zero attached hydrogens (tertiary/aromatic N) is 1.